The summed E-state index contributed by atoms with van der Waals surface area (Å²) < 4.78 is 38.6. The van der Waals surface area contributed by atoms with E-state index in [0.717, 1.165) is 48.2 Å². The number of anilines is 1. The van der Waals surface area contributed by atoms with E-state index in [2.05, 4.69) is 35.8 Å². The van der Waals surface area contributed by atoms with Gasteiger partial charge in [-0.25, -0.2) is 4.39 Å². The monoisotopic (exact) mass is 709 g/mol. The Bertz CT molecular complexity index is 1490. The average Bonchev–Trinajstić information content (AvgIpc) is 3.74. The fourth-order valence-electron chi connectivity index (χ4n) is 9.28. The number of halogens is 1. The second kappa shape index (κ2) is 16.2. The molecule has 0 bridgehead atoms. The third-order valence-corrected chi connectivity index (χ3v) is 11.9. The lowest BCUT2D eigenvalue weighted by molar-refractivity contribution is -0.157. The minimum Gasteiger partial charge on any atom is -0.497 e. The molecule has 1 amide bonds. The lowest BCUT2D eigenvalue weighted by atomic mass is 9.83. The molecule has 0 unspecified atom stereocenters. The van der Waals surface area contributed by atoms with Gasteiger partial charge in [-0.3, -0.25) is 14.5 Å². The van der Waals surface area contributed by atoms with Crippen molar-refractivity contribution in [2.24, 2.45) is 5.92 Å². The number of hydrogen-bond donors (Lipinski definition) is 1. The van der Waals surface area contributed by atoms with Crippen LogP contribution in [0.25, 0.3) is 0 Å². The molecule has 2 aromatic carbocycles. The van der Waals surface area contributed by atoms with Crippen molar-refractivity contribution in [3.63, 3.8) is 0 Å². The zero-order chi connectivity index (χ0) is 36.3. The largest absolute Gasteiger partial charge is 0.497 e. The van der Waals surface area contributed by atoms with Gasteiger partial charge in [0.25, 0.3) is 5.91 Å². The maximum atomic E-state index is 15.3. The van der Waals surface area contributed by atoms with Gasteiger partial charge in [0, 0.05) is 70.5 Å². The first-order valence-corrected chi connectivity index (χ1v) is 18.7. The number of benzene rings is 2. The van der Waals surface area contributed by atoms with Crippen molar-refractivity contribution >= 4 is 17.6 Å². The molecule has 0 radical (unpaired) electrons. The van der Waals surface area contributed by atoms with Crippen LogP contribution >= 0.6 is 0 Å². The molecule has 1 saturated carbocycles. The number of carbonyl (C=O) groups excluding carboxylic acids is 1. The standard InChI is InChI=1S/C40H56FN3O7/c1-26(2)51-34-13-9-31(10-14-34)43-23-36(27-6-11-33(49-4)12-7-27)40(25-43,50-5)39(47)44-22-29(20-32(44)24-48-3)35-15-8-30(41)21-37(35)42-18-16-28(17-19-42)38(45)46/h6-8,11-12,15,21,26,28-29,31-32,34,36H,9-10,13-14,16-20,22-25H2,1-5H3,(H,45,46)/t29-,31?,32+,34?,36+,40+/m1/s1. The van der Waals surface area contributed by atoms with Crippen molar-refractivity contribution in [1.82, 2.24) is 9.80 Å². The van der Waals surface area contributed by atoms with E-state index >= 15 is 4.79 Å². The SMILES string of the molecule is COC[C@@H]1C[C@@H](c2ccc(F)cc2N2CCC(C(=O)O)CC2)CN1C(=O)[C@]1(OC)CN(C2CCC(OC(C)C)CC2)C[C@H]1c1ccc(OC)cc1. The number of carboxylic acid groups (broad SMARTS) is 1. The highest BCUT2D eigenvalue weighted by atomic mass is 19.1. The van der Waals surface area contributed by atoms with Crippen LogP contribution in [0.1, 0.15) is 81.8 Å². The van der Waals surface area contributed by atoms with Gasteiger partial charge in [0.2, 0.25) is 0 Å². The van der Waals surface area contributed by atoms with Crippen molar-refractivity contribution in [3.05, 3.63) is 59.4 Å². The molecule has 6 rings (SSSR count). The van der Waals surface area contributed by atoms with Crippen LogP contribution < -0.4 is 9.64 Å². The number of ether oxygens (including phenoxy) is 4. The predicted molar refractivity (Wildman–Crippen MR) is 193 cm³/mol. The number of carboxylic acids is 1. The number of piperidine rings is 1. The van der Waals surface area contributed by atoms with Crippen LogP contribution in [0, 0.1) is 11.7 Å². The first-order valence-electron chi connectivity index (χ1n) is 18.7. The lowest BCUT2D eigenvalue weighted by Gasteiger charge is -2.39. The van der Waals surface area contributed by atoms with E-state index in [4.69, 9.17) is 18.9 Å². The normalized spacial score (nSPS) is 29.2. The summed E-state index contributed by atoms with van der Waals surface area (Å²) in [5.74, 6) is -1.03. The molecule has 4 fully saturated rings. The average molecular weight is 710 g/mol. The van der Waals surface area contributed by atoms with E-state index in [-0.39, 0.29) is 47.7 Å². The van der Waals surface area contributed by atoms with Gasteiger partial charge in [-0.1, -0.05) is 18.2 Å². The fraction of sp³-hybridized carbons (Fsp3) is 0.650. The summed E-state index contributed by atoms with van der Waals surface area (Å²) in [6, 6.07) is 13.1. The first kappa shape index (κ1) is 37.5. The van der Waals surface area contributed by atoms with Crippen LogP contribution in [0.5, 0.6) is 5.75 Å². The minimum atomic E-state index is -1.12. The summed E-state index contributed by atoms with van der Waals surface area (Å²) in [6.07, 6.45) is 6.18. The summed E-state index contributed by atoms with van der Waals surface area (Å²) >= 11 is 0. The third-order valence-electron chi connectivity index (χ3n) is 11.9. The summed E-state index contributed by atoms with van der Waals surface area (Å²) in [6.45, 7) is 7.28. The number of hydrogen-bond acceptors (Lipinski definition) is 8. The van der Waals surface area contributed by atoms with Gasteiger partial charge in [-0.15, -0.1) is 0 Å². The summed E-state index contributed by atoms with van der Waals surface area (Å²) in [4.78, 5) is 33.4. The number of amides is 1. The van der Waals surface area contributed by atoms with E-state index in [0.29, 0.717) is 64.6 Å². The Labute approximate surface area is 302 Å². The Morgan fingerprint density at radius 1 is 0.961 bits per heavy atom. The molecule has 2 aromatic rings. The molecule has 0 aromatic heterocycles. The van der Waals surface area contributed by atoms with Crippen molar-refractivity contribution < 1.29 is 38.0 Å². The van der Waals surface area contributed by atoms with Crippen molar-refractivity contribution in [3.8, 4) is 5.75 Å². The van der Waals surface area contributed by atoms with Crippen LogP contribution in [0.3, 0.4) is 0 Å². The molecule has 51 heavy (non-hydrogen) atoms. The second-order valence-electron chi connectivity index (χ2n) is 15.3. The van der Waals surface area contributed by atoms with E-state index in [1.54, 1.807) is 27.4 Å². The summed E-state index contributed by atoms with van der Waals surface area (Å²) in [5, 5.41) is 9.55. The number of nitrogens with zero attached hydrogens (tertiary/aromatic N) is 3. The summed E-state index contributed by atoms with van der Waals surface area (Å²) in [5.41, 5.74) is 1.68. The van der Waals surface area contributed by atoms with Gasteiger partial charge < -0.3 is 33.9 Å². The first-order chi connectivity index (χ1) is 24.6. The molecule has 1 N–H and O–H groups in total. The van der Waals surface area contributed by atoms with Crippen molar-refractivity contribution in [2.45, 2.75) is 101 Å². The maximum absolute atomic E-state index is 15.3. The molecule has 280 valence electrons. The fourth-order valence-corrected chi connectivity index (χ4v) is 9.28. The molecule has 3 heterocycles. The second-order valence-corrected chi connectivity index (χ2v) is 15.3. The van der Waals surface area contributed by atoms with E-state index in [1.807, 2.05) is 23.1 Å². The van der Waals surface area contributed by atoms with E-state index in [9.17, 15) is 14.3 Å². The third kappa shape index (κ3) is 7.92. The molecular formula is C40H56FN3O7. The quantitative estimate of drug-likeness (QED) is 0.298. The Hall–Kier alpha value is -3.25. The highest BCUT2D eigenvalue weighted by molar-refractivity contribution is 5.88. The zero-order valence-electron chi connectivity index (χ0n) is 30.9. The van der Waals surface area contributed by atoms with Gasteiger partial charge in [0.15, 0.2) is 5.60 Å². The van der Waals surface area contributed by atoms with E-state index in [1.165, 1.54) is 6.07 Å². The molecular weight excluding hydrogens is 653 g/mol. The highest BCUT2D eigenvalue weighted by Gasteiger charge is 2.57. The van der Waals surface area contributed by atoms with Crippen LogP contribution in [0.4, 0.5) is 10.1 Å². The molecule has 10 nitrogen and oxygen atoms in total. The predicted octanol–water partition coefficient (Wildman–Crippen LogP) is 5.69. The van der Waals surface area contributed by atoms with Gasteiger partial charge in [0.1, 0.15) is 11.6 Å². The molecule has 4 atom stereocenters. The Balaban J connectivity index is 1.28. The van der Waals surface area contributed by atoms with Crippen molar-refractivity contribution in [1.29, 1.82) is 0 Å². The van der Waals surface area contributed by atoms with Crippen molar-refractivity contribution in [2.75, 3.05) is 65.6 Å². The molecule has 4 aliphatic rings. The Kier molecular flexibility index (Phi) is 11.9. The van der Waals surface area contributed by atoms with Crippen LogP contribution in [0.2, 0.25) is 0 Å². The van der Waals surface area contributed by atoms with Crippen LogP contribution in [-0.4, -0.2) is 117 Å². The maximum Gasteiger partial charge on any atom is 0.306 e. The summed E-state index contributed by atoms with van der Waals surface area (Å²) in [7, 11) is 4.98. The number of likely N-dealkylation sites (tertiary alicyclic amines) is 2. The topological polar surface area (TPSA) is 101 Å². The Morgan fingerprint density at radius 2 is 1.67 bits per heavy atom. The number of carbonyl (C=O) groups is 2. The molecule has 1 aliphatic carbocycles. The Morgan fingerprint density at radius 3 is 2.27 bits per heavy atom. The molecule has 11 heteroatoms. The van der Waals surface area contributed by atoms with Gasteiger partial charge in [0.05, 0.1) is 37.9 Å². The number of rotatable bonds is 12. The molecule has 3 saturated heterocycles. The molecule has 3 aliphatic heterocycles. The number of methoxy groups -OCH3 is 3. The van der Waals surface area contributed by atoms with Crippen LogP contribution in [0.15, 0.2) is 42.5 Å². The number of aliphatic carboxylic acids is 1. The van der Waals surface area contributed by atoms with E-state index < -0.39 is 11.6 Å². The zero-order valence-corrected chi connectivity index (χ0v) is 30.9. The van der Waals surface area contributed by atoms with Gasteiger partial charge >= 0.3 is 5.97 Å². The van der Waals surface area contributed by atoms with Crippen LogP contribution in [-0.2, 0) is 23.8 Å². The smallest absolute Gasteiger partial charge is 0.306 e. The van der Waals surface area contributed by atoms with Gasteiger partial charge in [-0.05, 0) is 94.2 Å². The van der Waals surface area contributed by atoms with Gasteiger partial charge in [-0.2, -0.15) is 0 Å². The highest BCUT2D eigenvalue weighted by Crippen LogP contribution is 2.46. The lowest BCUT2D eigenvalue weighted by Crippen LogP contribution is -2.57. The minimum absolute atomic E-state index is 0.0411. The molecule has 0 spiro atoms.